The number of tetrazole rings is 1. The van der Waals surface area contributed by atoms with Crippen LogP contribution in [0.5, 0.6) is 0 Å². The Morgan fingerprint density at radius 3 is 2.54 bits per heavy atom. The Morgan fingerprint density at radius 1 is 1.14 bits per heavy atom. The monoisotopic (exact) mass is 379 g/mol. The van der Waals surface area contributed by atoms with E-state index in [1.54, 1.807) is 4.90 Å². The summed E-state index contributed by atoms with van der Waals surface area (Å²) in [6.07, 6.45) is 0.899. The fourth-order valence-corrected chi connectivity index (χ4v) is 2.97. The first-order valence-electron chi connectivity index (χ1n) is 9.38. The zero-order valence-electron chi connectivity index (χ0n) is 15.9. The van der Waals surface area contributed by atoms with Crippen molar-refractivity contribution in [3.8, 4) is 22.5 Å². The molecule has 1 aromatic heterocycles. The van der Waals surface area contributed by atoms with Crippen LogP contribution < -0.4 is 11.1 Å². The average Bonchev–Trinajstić information content (AvgIpc) is 3.27. The lowest BCUT2D eigenvalue weighted by Gasteiger charge is -2.22. The molecule has 0 unspecified atom stereocenters. The predicted molar refractivity (Wildman–Crippen MR) is 108 cm³/mol. The molecule has 1 heterocycles. The quantitative estimate of drug-likeness (QED) is 0.556. The molecule has 8 heteroatoms. The molecule has 0 atom stereocenters. The minimum absolute atomic E-state index is 0.0844. The Hall–Kier alpha value is -3.26. The number of nitrogens with one attached hydrogen (secondary N) is 2. The van der Waals surface area contributed by atoms with Crippen LogP contribution in [0.25, 0.3) is 22.5 Å². The standard InChI is InChI=1S/C20H25N7O/c1-2-12-22-20(28)27(13-11-21)14-15-7-9-16(10-8-15)17-5-3-4-6-18(17)19-23-25-26-24-19/h3-10H,2,11-14,21H2,1H3,(H,22,28)(H,23,24,25,26). The van der Waals surface area contributed by atoms with Crippen molar-refractivity contribution in [3.05, 3.63) is 54.1 Å². The normalized spacial score (nSPS) is 10.6. The number of nitrogens with zero attached hydrogens (tertiary/aromatic N) is 4. The van der Waals surface area contributed by atoms with Crippen molar-refractivity contribution in [1.82, 2.24) is 30.8 Å². The van der Waals surface area contributed by atoms with E-state index in [9.17, 15) is 4.79 Å². The van der Waals surface area contributed by atoms with Crippen molar-refractivity contribution in [2.75, 3.05) is 19.6 Å². The largest absolute Gasteiger partial charge is 0.338 e. The summed E-state index contributed by atoms with van der Waals surface area (Å²) in [5, 5.41) is 17.2. The van der Waals surface area contributed by atoms with E-state index in [2.05, 4.69) is 25.9 Å². The molecule has 0 saturated heterocycles. The number of aromatic nitrogens is 4. The van der Waals surface area contributed by atoms with Crippen LogP contribution in [0.15, 0.2) is 48.5 Å². The predicted octanol–water partition coefficient (Wildman–Crippen LogP) is 2.41. The van der Waals surface area contributed by atoms with Gasteiger partial charge in [-0.2, -0.15) is 5.21 Å². The first kappa shape index (κ1) is 19.5. The van der Waals surface area contributed by atoms with Crippen molar-refractivity contribution in [2.45, 2.75) is 19.9 Å². The van der Waals surface area contributed by atoms with Crippen molar-refractivity contribution in [1.29, 1.82) is 0 Å². The van der Waals surface area contributed by atoms with Crippen LogP contribution in [0.4, 0.5) is 4.79 Å². The molecule has 146 valence electrons. The highest BCUT2D eigenvalue weighted by Crippen LogP contribution is 2.29. The molecule has 0 aliphatic carbocycles. The second-order valence-corrected chi connectivity index (χ2v) is 6.42. The maximum atomic E-state index is 12.3. The molecule has 28 heavy (non-hydrogen) atoms. The lowest BCUT2D eigenvalue weighted by atomic mass is 9.98. The number of urea groups is 1. The molecule has 0 aliphatic heterocycles. The number of nitrogens with two attached hydrogens (primary N) is 1. The molecule has 0 spiro atoms. The van der Waals surface area contributed by atoms with E-state index < -0.39 is 0 Å². The first-order valence-corrected chi connectivity index (χ1v) is 9.38. The van der Waals surface area contributed by atoms with Gasteiger partial charge in [0.1, 0.15) is 0 Å². The van der Waals surface area contributed by atoms with E-state index in [1.165, 1.54) is 0 Å². The van der Waals surface area contributed by atoms with Gasteiger partial charge in [0.2, 0.25) is 5.82 Å². The average molecular weight is 379 g/mol. The Morgan fingerprint density at radius 2 is 1.89 bits per heavy atom. The number of carbonyl (C=O) groups is 1. The minimum Gasteiger partial charge on any atom is -0.338 e. The molecule has 3 aromatic rings. The van der Waals surface area contributed by atoms with E-state index in [-0.39, 0.29) is 6.03 Å². The molecule has 8 nitrogen and oxygen atoms in total. The van der Waals surface area contributed by atoms with E-state index in [0.29, 0.717) is 32.0 Å². The van der Waals surface area contributed by atoms with Gasteiger partial charge >= 0.3 is 6.03 Å². The highest BCUT2D eigenvalue weighted by atomic mass is 16.2. The molecule has 3 rings (SSSR count). The minimum atomic E-state index is -0.0844. The summed E-state index contributed by atoms with van der Waals surface area (Å²) in [4.78, 5) is 14.0. The second kappa shape index (κ2) is 9.61. The number of hydrogen-bond donors (Lipinski definition) is 3. The highest BCUT2D eigenvalue weighted by Gasteiger charge is 2.14. The number of rotatable bonds is 8. The highest BCUT2D eigenvalue weighted by molar-refractivity contribution is 5.80. The second-order valence-electron chi connectivity index (χ2n) is 6.42. The zero-order valence-corrected chi connectivity index (χ0v) is 15.9. The maximum Gasteiger partial charge on any atom is 0.317 e. The summed E-state index contributed by atoms with van der Waals surface area (Å²) in [6.45, 7) is 4.14. The van der Waals surface area contributed by atoms with Gasteiger partial charge in [0.25, 0.3) is 0 Å². The van der Waals surface area contributed by atoms with Crippen molar-refractivity contribution >= 4 is 6.03 Å². The molecule has 2 aromatic carbocycles. The van der Waals surface area contributed by atoms with Crippen molar-refractivity contribution in [3.63, 3.8) is 0 Å². The van der Waals surface area contributed by atoms with Crippen molar-refractivity contribution < 1.29 is 4.79 Å². The summed E-state index contributed by atoms with van der Waals surface area (Å²) >= 11 is 0. The van der Waals surface area contributed by atoms with Gasteiger partial charge in [0, 0.05) is 31.7 Å². The van der Waals surface area contributed by atoms with Crippen LogP contribution in [0.1, 0.15) is 18.9 Å². The lowest BCUT2D eigenvalue weighted by Crippen LogP contribution is -2.42. The van der Waals surface area contributed by atoms with Gasteiger partial charge in [-0.3, -0.25) is 0 Å². The Bertz CT molecular complexity index is 878. The van der Waals surface area contributed by atoms with Crippen LogP contribution in [0.2, 0.25) is 0 Å². The molecule has 0 radical (unpaired) electrons. The summed E-state index contributed by atoms with van der Waals surface area (Å²) in [6, 6.07) is 16.0. The number of aromatic amines is 1. The topological polar surface area (TPSA) is 113 Å². The van der Waals surface area contributed by atoms with Crippen LogP contribution in [-0.2, 0) is 6.54 Å². The van der Waals surface area contributed by atoms with Crippen LogP contribution in [0, 0.1) is 0 Å². The summed E-state index contributed by atoms with van der Waals surface area (Å²) in [7, 11) is 0. The third-order valence-electron chi connectivity index (χ3n) is 4.36. The fourth-order valence-electron chi connectivity index (χ4n) is 2.97. The number of H-pyrrole nitrogens is 1. The first-order chi connectivity index (χ1) is 13.7. The van der Waals surface area contributed by atoms with Crippen LogP contribution in [0.3, 0.4) is 0 Å². The van der Waals surface area contributed by atoms with Gasteiger partial charge < -0.3 is 16.0 Å². The van der Waals surface area contributed by atoms with Gasteiger partial charge in [-0.05, 0) is 28.3 Å². The van der Waals surface area contributed by atoms with Gasteiger partial charge in [-0.25, -0.2) is 4.79 Å². The van der Waals surface area contributed by atoms with E-state index in [1.807, 2.05) is 55.5 Å². The molecule has 0 fully saturated rings. The third kappa shape index (κ3) is 4.72. The van der Waals surface area contributed by atoms with E-state index in [0.717, 1.165) is 28.7 Å². The summed E-state index contributed by atoms with van der Waals surface area (Å²) < 4.78 is 0. The third-order valence-corrected chi connectivity index (χ3v) is 4.36. The van der Waals surface area contributed by atoms with Gasteiger partial charge in [0.15, 0.2) is 0 Å². The van der Waals surface area contributed by atoms with Crippen molar-refractivity contribution in [2.24, 2.45) is 5.73 Å². The van der Waals surface area contributed by atoms with Crippen LogP contribution >= 0.6 is 0 Å². The van der Waals surface area contributed by atoms with Gasteiger partial charge in [0.05, 0.1) is 0 Å². The van der Waals surface area contributed by atoms with E-state index >= 15 is 0 Å². The SMILES string of the molecule is CCCNC(=O)N(CCN)Cc1ccc(-c2ccccc2-c2nn[nH]n2)cc1. The molecular weight excluding hydrogens is 354 g/mol. The molecule has 0 saturated carbocycles. The van der Waals surface area contributed by atoms with Crippen LogP contribution in [-0.4, -0.2) is 51.2 Å². The fraction of sp³-hybridized carbons (Fsp3) is 0.300. The molecule has 4 N–H and O–H groups in total. The smallest absolute Gasteiger partial charge is 0.317 e. The maximum absolute atomic E-state index is 12.3. The number of amides is 2. The summed E-state index contributed by atoms with van der Waals surface area (Å²) in [5.41, 5.74) is 9.69. The Labute approximate surface area is 164 Å². The number of benzene rings is 2. The number of hydrogen-bond acceptors (Lipinski definition) is 5. The Kier molecular flexibility index (Phi) is 6.69. The van der Waals surface area contributed by atoms with Gasteiger partial charge in [-0.15, -0.1) is 10.2 Å². The molecule has 0 aliphatic rings. The molecule has 2 amide bonds. The van der Waals surface area contributed by atoms with Gasteiger partial charge in [-0.1, -0.05) is 55.5 Å². The van der Waals surface area contributed by atoms with E-state index in [4.69, 9.17) is 5.73 Å². The zero-order chi connectivity index (χ0) is 19.8. The number of carbonyl (C=O) groups excluding carboxylic acids is 1. The Balaban J connectivity index is 1.78. The molecule has 0 bridgehead atoms. The summed E-state index contributed by atoms with van der Waals surface area (Å²) in [5.74, 6) is 0.557. The molecular formula is C20H25N7O. The lowest BCUT2D eigenvalue weighted by molar-refractivity contribution is 0.196.